The summed E-state index contributed by atoms with van der Waals surface area (Å²) in [6.45, 7) is 12.8. The molecular weight excluding hydrogens is 218 g/mol. The fourth-order valence-corrected chi connectivity index (χ4v) is 10.7. The van der Waals surface area contributed by atoms with Crippen LogP contribution in [0.5, 0.6) is 0 Å². The van der Waals surface area contributed by atoms with Crippen molar-refractivity contribution >= 4 is 17.6 Å². The fraction of sp³-hybridized carbons (Fsp3) is 1.00. The predicted octanol–water partition coefficient (Wildman–Crippen LogP) is 1.26. The van der Waals surface area contributed by atoms with Gasteiger partial charge in [0.15, 0.2) is 0 Å². The summed E-state index contributed by atoms with van der Waals surface area (Å²) >= 11 is 0. The normalized spacial score (nSPS) is 26.8. The van der Waals surface area contributed by atoms with Crippen molar-refractivity contribution < 1.29 is 4.43 Å². The van der Waals surface area contributed by atoms with Gasteiger partial charge in [-0.05, 0) is 39.8 Å². The second-order valence-corrected chi connectivity index (χ2v) is 13.3. The van der Waals surface area contributed by atoms with Crippen LogP contribution in [0.3, 0.4) is 0 Å². The first-order chi connectivity index (χ1) is 7.04. The highest BCUT2D eigenvalue weighted by Gasteiger charge is 2.30. The molecule has 1 heterocycles. The van der Waals surface area contributed by atoms with Crippen LogP contribution in [0.1, 0.15) is 41.0 Å². The first-order valence-corrected chi connectivity index (χ1v) is 11.7. The molecule has 4 heteroatoms. The minimum Gasteiger partial charge on any atom is -0.428 e. The van der Waals surface area contributed by atoms with Crippen LogP contribution in [0.4, 0.5) is 0 Å². The summed E-state index contributed by atoms with van der Waals surface area (Å²) in [7, 11) is -0.682. The summed E-state index contributed by atoms with van der Waals surface area (Å²) < 4.78 is 5.79. The van der Waals surface area contributed by atoms with Gasteiger partial charge in [0.1, 0.15) is 9.28 Å². The van der Waals surface area contributed by atoms with Crippen molar-refractivity contribution in [3.05, 3.63) is 0 Å². The molecule has 0 radical (unpaired) electrons. The van der Waals surface area contributed by atoms with Gasteiger partial charge in [0.25, 0.3) is 0 Å². The van der Waals surface area contributed by atoms with Crippen LogP contribution in [0, 0.1) is 0 Å². The Hall–Kier alpha value is 0.354. The van der Waals surface area contributed by atoms with Crippen LogP contribution in [-0.2, 0) is 4.43 Å². The number of nitrogens with zero attached hydrogens (tertiary/aromatic N) is 1. The SMILES string of the molecule is CC(C)N(C(C)C)C(C)[SiH]1CCCO[SiH2]1. The van der Waals surface area contributed by atoms with E-state index in [9.17, 15) is 0 Å². The Labute approximate surface area is 98.7 Å². The molecular formula is C11H27NOSi2. The highest BCUT2D eigenvalue weighted by atomic mass is 29.2. The first-order valence-electron chi connectivity index (χ1n) is 6.39. The molecule has 0 N–H and O–H groups in total. The molecule has 0 aliphatic carbocycles. The first kappa shape index (κ1) is 13.4. The lowest BCUT2D eigenvalue weighted by Gasteiger charge is -2.40. The average Bonchev–Trinajstić information content (AvgIpc) is 2.18. The molecule has 1 fully saturated rings. The van der Waals surface area contributed by atoms with Gasteiger partial charge in [-0.25, -0.2) is 0 Å². The smallest absolute Gasteiger partial charge is 0.149 e. The molecule has 0 spiro atoms. The molecule has 2 nitrogen and oxygen atoms in total. The minimum atomic E-state index is -0.548. The van der Waals surface area contributed by atoms with Crippen LogP contribution in [-0.4, -0.2) is 46.9 Å². The van der Waals surface area contributed by atoms with Gasteiger partial charge in [-0.1, -0.05) is 13.0 Å². The zero-order valence-corrected chi connectivity index (χ0v) is 13.6. The van der Waals surface area contributed by atoms with E-state index in [1.165, 1.54) is 12.5 Å². The predicted molar refractivity (Wildman–Crippen MR) is 72.6 cm³/mol. The molecule has 1 rings (SSSR count). The number of hydrogen-bond donors (Lipinski definition) is 0. The van der Waals surface area contributed by atoms with Gasteiger partial charge in [0, 0.05) is 18.7 Å². The maximum absolute atomic E-state index is 5.79. The van der Waals surface area contributed by atoms with Crippen LogP contribution in [0.25, 0.3) is 0 Å². The van der Waals surface area contributed by atoms with E-state index in [-0.39, 0.29) is 9.28 Å². The summed E-state index contributed by atoms with van der Waals surface area (Å²) in [5.74, 6) is 0. The Kier molecular flexibility index (Phi) is 5.53. The zero-order chi connectivity index (χ0) is 11.4. The van der Waals surface area contributed by atoms with E-state index in [1.54, 1.807) is 0 Å². The minimum absolute atomic E-state index is 0.135. The molecule has 0 amide bonds. The van der Waals surface area contributed by atoms with Crippen molar-refractivity contribution in [3.63, 3.8) is 0 Å². The Morgan fingerprint density at radius 2 is 1.73 bits per heavy atom. The van der Waals surface area contributed by atoms with E-state index in [0.29, 0.717) is 12.1 Å². The van der Waals surface area contributed by atoms with Gasteiger partial charge >= 0.3 is 0 Å². The molecule has 0 bridgehead atoms. The van der Waals surface area contributed by atoms with E-state index in [0.717, 1.165) is 12.3 Å². The van der Waals surface area contributed by atoms with E-state index < -0.39 is 8.31 Å². The molecule has 1 aliphatic heterocycles. The zero-order valence-electron chi connectivity index (χ0n) is 11.0. The van der Waals surface area contributed by atoms with Crippen molar-refractivity contribution in [2.24, 2.45) is 0 Å². The van der Waals surface area contributed by atoms with E-state index in [2.05, 4.69) is 39.5 Å². The summed E-state index contributed by atoms with van der Waals surface area (Å²) in [5.41, 5.74) is 0.844. The Bertz CT molecular complexity index is 173. The van der Waals surface area contributed by atoms with Gasteiger partial charge < -0.3 is 4.43 Å². The Balaban J connectivity index is 2.57. The van der Waals surface area contributed by atoms with Crippen molar-refractivity contribution in [1.82, 2.24) is 4.90 Å². The van der Waals surface area contributed by atoms with E-state index in [4.69, 9.17) is 4.43 Å². The average molecular weight is 246 g/mol. The lowest BCUT2D eigenvalue weighted by molar-refractivity contribution is 0.160. The highest BCUT2D eigenvalue weighted by Crippen LogP contribution is 2.17. The Morgan fingerprint density at radius 1 is 1.13 bits per heavy atom. The molecule has 0 saturated carbocycles. The second kappa shape index (κ2) is 6.18. The van der Waals surface area contributed by atoms with Gasteiger partial charge in [-0.2, -0.15) is 0 Å². The molecule has 2 unspecified atom stereocenters. The van der Waals surface area contributed by atoms with Gasteiger partial charge in [-0.15, -0.1) is 0 Å². The molecule has 0 aromatic heterocycles. The summed E-state index contributed by atoms with van der Waals surface area (Å²) in [6, 6.07) is 2.90. The summed E-state index contributed by atoms with van der Waals surface area (Å²) in [5, 5.41) is 0. The molecule has 2 atom stereocenters. The third-order valence-electron chi connectivity index (χ3n) is 3.54. The maximum atomic E-state index is 5.79. The molecule has 0 aromatic rings. The molecule has 15 heavy (non-hydrogen) atoms. The van der Waals surface area contributed by atoms with Crippen LogP contribution < -0.4 is 0 Å². The van der Waals surface area contributed by atoms with Crippen LogP contribution in [0.2, 0.25) is 6.04 Å². The van der Waals surface area contributed by atoms with Crippen molar-refractivity contribution in [1.29, 1.82) is 0 Å². The number of rotatable bonds is 4. The molecule has 0 aromatic carbocycles. The topological polar surface area (TPSA) is 12.5 Å². The van der Waals surface area contributed by atoms with Crippen molar-refractivity contribution in [2.45, 2.75) is 64.8 Å². The van der Waals surface area contributed by atoms with Crippen molar-refractivity contribution in [2.75, 3.05) is 6.61 Å². The highest BCUT2D eigenvalue weighted by molar-refractivity contribution is 7.10. The van der Waals surface area contributed by atoms with Crippen molar-refractivity contribution in [3.8, 4) is 0 Å². The van der Waals surface area contributed by atoms with E-state index >= 15 is 0 Å². The van der Waals surface area contributed by atoms with Crippen LogP contribution >= 0.6 is 0 Å². The second-order valence-electron chi connectivity index (χ2n) is 5.35. The largest absolute Gasteiger partial charge is 0.428 e. The molecule has 1 saturated heterocycles. The van der Waals surface area contributed by atoms with Gasteiger partial charge in [0.05, 0.1) is 8.31 Å². The third kappa shape index (κ3) is 3.69. The fourth-order valence-electron chi connectivity index (χ4n) is 2.93. The lowest BCUT2D eigenvalue weighted by atomic mass is 10.2. The third-order valence-corrected chi connectivity index (χ3v) is 12.6. The standard InChI is InChI=1S/C11H27NOSi2/c1-9(2)12(10(3)4)11(5)15-8-6-7-13-14-15/h9-11,15H,6-8,14H2,1-5H3. The van der Waals surface area contributed by atoms with Gasteiger partial charge in [0.2, 0.25) is 0 Å². The molecule has 1 aliphatic rings. The monoisotopic (exact) mass is 245 g/mol. The number of hydrogen-bond acceptors (Lipinski definition) is 2. The Morgan fingerprint density at radius 3 is 2.13 bits per heavy atom. The summed E-state index contributed by atoms with van der Waals surface area (Å²) in [6.07, 6.45) is 1.33. The quantitative estimate of drug-likeness (QED) is 0.692. The maximum Gasteiger partial charge on any atom is 0.149 e. The summed E-state index contributed by atoms with van der Waals surface area (Å²) in [4.78, 5) is 2.71. The van der Waals surface area contributed by atoms with Gasteiger partial charge in [-0.3, -0.25) is 4.90 Å². The van der Waals surface area contributed by atoms with E-state index in [1.807, 2.05) is 0 Å². The lowest BCUT2D eigenvalue weighted by Crippen LogP contribution is -2.54. The molecule has 90 valence electrons. The van der Waals surface area contributed by atoms with Crippen LogP contribution in [0.15, 0.2) is 0 Å².